The molecule has 2 saturated heterocycles. The SMILES string of the molecule is COc1ccc(CCN(C)C(=O)c2coc(CN3CCN(CC(O)CN4CCOCC4)CC3)n2)cc1OC. The zero-order valence-electron chi connectivity index (χ0n) is 22.8. The first kappa shape index (κ1) is 28.3. The minimum absolute atomic E-state index is 0.167. The molecular formula is C27H41N5O6. The second-order valence-corrected chi connectivity index (χ2v) is 9.94. The molecular weight excluding hydrogens is 490 g/mol. The van der Waals surface area contributed by atoms with Gasteiger partial charge in [-0.05, 0) is 24.1 Å². The largest absolute Gasteiger partial charge is 0.493 e. The average molecular weight is 532 g/mol. The number of carbonyl (C=O) groups is 1. The second kappa shape index (κ2) is 13.9. The first-order valence-electron chi connectivity index (χ1n) is 13.3. The Labute approximate surface area is 224 Å². The van der Waals surface area contributed by atoms with Gasteiger partial charge in [-0.1, -0.05) is 6.07 Å². The number of benzene rings is 1. The third kappa shape index (κ3) is 7.90. The van der Waals surface area contributed by atoms with Gasteiger partial charge in [-0.25, -0.2) is 4.98 Å². The van der Waals surface area contributed by atoms with Gasteiger partial charge in [-0.15, -0.1) is 0 Å². The highest BCUT2D eigenvalue weighted by Gasteiger charge is 2.23. The molecule has 0 radical (unpaired) electrons. The Morgan fingerprint density at radius 1 is 1.03 bits per heavy atom. The van der Waals surface area contributed by atoms with E-state index in [4.69, 9.17) is 18.6 Å². The van der Waals surface area contributed by atoms with Crippen LogP contribution >= 0.6 is 0 Å². The predicted octanol–water partition coefficient (Wildman–Crippen LogP) is 0.817. The summed E-state index contributed by atoms with van der Waals surface area (Å²) in [5, 5.41) is 10.5. The number of ether oxygens (including phenoxy) is 3. The van der Waals surface area contributed by atoms with Crippen LogP contribution in [0.4, 0.5) is 0 Å². The van der Waals surface area contributed by atoms with Crippen LogP contribution in [0.15, 0.2) is 28.9 Å². The van der Waals surface area contributed by atoms with Gasteiger partial charge in [0.2, 0.25) is 5.89 Å². The first-order chi connectivity index (χ1) is 18.4. The van der Waals surface area contributed by atoms with Crippen LogP contribution in [-0.2, 0) is 17.7 Å². The summed E-state index contributed by atoms with van der Waals surface area (Å²) in [6, 6.07) is 5.77. The highest BCUT2D eigenvalue weighted by Crippen LogP contribution is 2.27. The number of hydrogen-bond donors (Lipinski definition) is 1. The number of aliphatic hydroxyl groups is 1. The highest BCUT2D eigenvalue weighted by molar-refractivity contribution is 5.91. The van der Waals surface area contributed by atoms with Gasteiger partial charge in [0.25, 0.3) is 5.91 Å². The standard InChI is InChI=1S/C27H41N5O6/c1-29(7-6-21-4-5-24(35-2)25(16-21)36-3)27(34)23-20-38-26(28-23)19-31-10-8-30(9-11-31)17-22(33)18-32-12-14-37-15-13-32/h4-5,16,20,22,33H,6-15,17-19H2,1-3H3. The maximum atomic E-state index is 12.9. The number of carbonyl (C=O) groups excluding carboxylic acids is 1. The number of likely N-dealkylation sites (N-methyl/N-ethyl adjacent to an activating group) is 1. The van der Waals surface area contributed by atoms with Gasteiger partial charge < -0.3 is 28.6 Å². The zero-order chi connectivity index (χ0) is 26.9. The smallest absolute Gasteiger partial charge is 0.275 e. The van der Waals surface area contributed by atoms with E-state index in [1.54, 1.807) is 26.2 Å². The Balaban J connectivity index is 1.18. The van der Waals surface area contributed by atoms with Crippen molar-refractivity contribution in [2.75, 3.05) is 93.4 Å². The highest BCUT2D eigenvalue weighted by atomic mass is 16.5. The molecule has 0 spiro atoms. The van der Waals surface area contributed by atoms with E-state index in [1.165, 1.54) is 6.26 Å². The van der Waals surface area contributed by atoms with Gasteiger partial charge >= 0.3 is 0 Å². The molecule has 38 heavy (non-hydrogen) atoms. The van der Waals surface area contributed by atoms with E-state index in [1.807, 2.05) is 18.2 Å². The van der Waals surface area contributed by atoms with Crippen molar-refractivity contribution < 1.29 is 28.5 Å². The molecule has 11 nitrogen and oxygen atoms in total. The van der Waals surface area contributed by atoms with Crippen molar-refractivity contribution in [2.24, 2.45) is 0 Å². The molecule has 210 valence electrons. The number of hydrogen-bond acceptors (Lipinski definition) is 10. The van der Waals surface area contributed by atoms with Gasteiger partial charge in [-0.3, -0.25) is 19.5 Å². The molecule has 1 amide bonds. The quantitative estimate of drug-likeness (QED) is 0.423. The minimum atomic E-state index is -0.358. The maximum absolute atomic E-state index is 12.9. The monoisotopic (exact) mass is 531 g/mol. The Morgan fingerprint density at radius 3 is 2.37 bits per heavy atom. The molecule has 11 heteroatoms. The van der Waals surface area contributed by atoms with Crippen molar-refractivity contribution >= 4 is 5.91 Å². The lowest BCUT2D eigenvalue weighted by Gasteiger charge is -2.36. The molecule has 1 unspecified atom stereocenters. The first-order valence-corrected chi connectivity index (χ1v) is 13.3. The van der Waals surface area contributed by atoms with Crippen molar-refractivity contribution in [2.45, 2.75) is 19.1 Å². The fourth-order valence-corrected chi connectivity index (χ4v) is 4.87. The topological polar surface area (TPSA) is 104 Å². The van der Waals surface area contributed by atoms with E-state index in [2.05, 4.69) is 19.7 Å². The summed E-state index contributed by atoms with van der Waals surface area (Å²) < 4.78 is 21.7. The Kier molecular flexibility index (Phi) is 10.4. The van der Waals surface area contributed by atoms with Crippen molar-refractivity contribution in [3.8, 4) is 11.5 Å². The molecule has 3 heterocycles. The number of rotatable bonds is 12. The van der Waals surface area contributed by atoms with Gasteiger partial charge in [0, 0.05) is 66.0 Å². The van der Waals surface area contributed by atoms with Gasteiger partial charge in [0.15, 0.2) is 17.2 Å². The number of aromatic nitrogens is 1. The molecule has 4 rings (SSSR count). The van der Waals surface area contributed by atoms with Crippen LogP contribution in [0.2, 0.25) is 0 Å². The van der Waals surface area contributed by atoms with Crippen LogP contribution in [0.25, 0.3) is 0 Å². The Bertz CT molecular complexity index is 1020. The fraction of sp³-hybridized carbons (Fsp3) is 0.630. The van der Waals surface area contributed by atoms with Gasteiger partial charge in [-0.2, -0.15) is 0 Å². The Morgan fingerprint density at radius 2 is 1.68 bits per heavy atom. The van der Waals surface area contributed by atoms with E-state index in [9.17, 15) is 9.90 Å². The zero-order valence-corrected chi connectivity index (χ0v) is 22.8. The second-order valence-electron chi connectivity index (χ2n) is 9.94. The van der Waals surface area contributed by atoms with E-state index in [0.29, 0.717) is 55.7 Å². The third-order valence-corrected chi connectivity index (χ3v) is 7.17. The summed E-state index contributed by atoms with van der Waals surface area (Å²) in [5.41, 5.74) is 1.37. The summed E-state index contributed by atoms with van der Waals surface area (Å²) in [5.74, 6) is 1.73. The maximum Gasteiger partial charge on any atom is 0.275 e. The van der Waals surface area contributed by atoms with Crippen LogP contribution in [0.5, 0.6) is 11.5 Å². The minimum Gasteiger partial charge on any atom is -0.493 e. The summed E-state index contributed by atoms with van der Waals surface area (Å²) in [6.07, 6.45) is 1.77. The third-order valence-electron chi connectivity index (χ3n) is 7.17. The molecule has 2 fully saturated rings. The molecule has 2 aliphatic rings. The molecule has 2 aromatic rings. The molecule has 1 aromatic carbocycles. The Hall–Kier alpha value is -2.70. The summed E-state index contributed by atoms with van der Waals surface area (Å²) in [7, 11) is 4.98. The van der Waals surface area contributed by atoms with Crippen LogP contribution < -0.4 is 9.47 Å². The average Bonchev–Trinajstić information content (AvgIpc) is 3.41. The fourth-order valence-electron chi connectivity index (χ4n) is 4.87. The lowest BCUT2D eigenvalue weighted by molar-refractivity contribution is 0.00187. The number of nitrogens with zero attached hydrogens (tertiary/aromatic N) is 5. The number of oxazole rings is 1. The molecule has 0 aliphatic carbocycles. The number of amides is 1. The van der Waals surface area contributed by atoms with Crippen molar-refractivity contribution in [3.05, 3.63) is 41.6 Å². The van der Waals surface area contributed by atoms with E-state index < -0.39 is 0 Å². The molecule has 0 bridgehead atoms. The van der Waals surface area contributed by atoms with E-state index in [0.717, 1.165) is 58.0 Å². The molecule has 1 atom stereocenters. The van der Waals surface area contributed by atoms with E-state index >= 15 is 0 Å². The van der Waals surface area contributed by atoms with Crippen molar-refractivity contribution in [1.29, 1.82) is 0 Å². The normalized spacial score (nSPS) is 18.3. The van der Waals surface area contributed by atoms with E-state index in [-0.39, 0.29) is 12.0 Å². The van der Waals surface area contributed by atoms with Crippen LogP contribution in [0, 0.1) is 0 Å². The summed E-state index contributed by atoms with van der Waals surface area (Å²) in [6.45, 7) is 9.22. The lowest BCUT2D eigenvalue weighted by Crippen LogP contribution is -2.50. The number of morpholine rings is 1. The molecule has 0 saturated carbocycles. The van der Waals surface area contributed by atoms with Crippen LogP contribution in [0.1, 0.15) is 21.9 Å². The van der Waals surface area contributed by atoms with Crippen LogP contribution in [0.3, 0.4) is 0 Å². The summed E-state index contributed by atoms with van der Waals surface area (Å²) in [4.78, 5) is 25.8. The van der Waals surface area contributed by atoms with Gasteiger partial charge in [0.1, 0.15) is 6.26 Å². The molecule has 1 aromatic heterocycles. The molecule has 1 N–H and O–H groups in total. The predicted molar refractivity (Wildman–Crippen MR) is 142 cm³/mol. The summed E-state index contributed by atoms with van der Waals surface area (Å²) >= 11 is 0. The number of β-amino-alcohol motifs (C(OH)–C–C–N with tert-alkyl or cyclic N) is 1. The van der Waals surface area contributed by atoms with Gasteiger partial charge in [0.05, 0.1) is 40.1 Å². The number of aliphatic hydroxyl groups excluding tert-OH is 1. The van der Waals surface area contributed by atoms with Crippen LogP contribution in [-0.4, -0.2) is 135 Å². The lowest BCUT2D eigenvalue weighted by atomic mass is 10.1. The van der Waals surface area contributed by atoms with Crippen molar-refractivity contribution in [3.63, 3.8) is 0 Å². The molecule has 2 aliphatic heterocycles. The number of piperazine rings is 1. The van der Waals surface area contributed by atoms with Crippen molar-refractivity contribution in [1.82, 2.24) is 24.6 Å². The number of methoxy groups -OCH3 is 2.